The lowest BCUT2D eigenvalue weighted by molar-refractivity contribution is 0.104. The van der Waals surface area contributed by atoms with Gasteiger partial charge in [0, 0.05) is 34.7 Å². The van der Waals surface area contributed by atoms with Crippen LogP contribution in [0.3, 0.4) is 0 Å². The summed E-state index contributed by atoms with van der Waals surface area (Å²) in [5.74, 6) is 0.777. The number of unbranched alkanes of at least 4 members (excludes halogenated alkanes) is 6. The molecule has 10 nitrogen and oxygen atoms in total. The molecule has 3 N–H and O–H groups in total. The molecular formula is C40H43N5O5S. The van der Waals surface area contributed by atoms with Gasteiger partial charge in [-0.2, -0.15) is 0 Å². The number of nitrogens with zero attached hydrogens (tertiary/aromatic N) is 2. The molecule has 51 heavy (non-hydrogen) atoms. The number of benzene rings is 4. The molecule has 1 aromatic heterocycles. The number of anilines is 2. The molecule has 0 radical (unpaired) electrons. The maximum Gasteiger partial charge on any atom is 0.319 e. The summed E-state index contributed by atoms with van der Waals surface area (Å²) in [6.45, 7) is 4.62. The average molecular weight is 706 g/mol. The van der Waals surface area contributed by atoms with Crippen molar-refractivity contribution in [1.82, 2.24) is 15.3 Å². The van der Waals surface area contributed by atoms with E-state index in [1.54, 1.807) is 54.6 Å². The van der Waals surface area contributed by atoms with Crippen LogP contribution in [-0.2, 0) is 10.0 Å². The van der Waals surface area contributed by atoms with E-state index in [-0.39, 0.29) is 28.6 Å². The summed E-state index contributed by atoms with van der Waals surface area (Å²) in [7, 11) is -3.64. The van der Waals surface area contributed by atoms with Gasteiger partial charge in [-0.25, -0.2) is 23.2 Å². The predicted molar refractivity (Wildman–Crippen MR) is 203 cm³/mol. The minimum absolute atomic E-state index is 0.0160. The Balaban J connectivity index is 1.48. The van der Waals surface area contributed by atoms with Crippen molar-refractivity contribution in [1.29, 1.82) is 0 Å². The fraction of sp³-hybridized carbons (Fsp3) is 0.300. The third kappa shape index (κ3) is 8.20. The van der Waals surface area contributed by atoms with Gasteiger partial charge in [0.05, 0.1) is 28.4 Å². The first-order chi connectivity index (χ1) is 24.8. The van der Waals surface area contributed by atoms with Gasteiger partial charge in [0.25, 0.3) is 0 Å². The van der Waals surface area contributed by atoms with Crippen LogP contribution in [-0.4, -0.2) is 42.5 Å². The van der Waals surface area contributed by atoms with E-state index >= 15 is 0 Å². The molecule has 11 heteroatoms. The summed E-state index contributed by atoms with van der Waals surface area (Å²) < 4.78 is 35.2. The number of amides is 2. The number of fused-ring (bicyclic) bond motifs is 2. The Labute approximate surface area is 299 Å². The standard InChI is InChI=1S/C40H43N5O5S/c1-3-5-7-8-9-17-24-41-40(47)42-32-26-33(50-27-18-11-10-12-19-27)37-35-34(32)38(46)29-21-14-13-20-28(29)36(35)43-39(44-37)30-22-15-16-23-31(30)45-51(48,49)25-6-4-2/h10-16,18-23,26,45H,3-9,17,24-25H2,1-2H3,(H2,41,42,47). The first kappa shape index (κ1) is 35.5. The Morgan fingerprint density at radius 1 is 0.745 bits per heavy atom. The first-order valence-electron chi connectivity index (χ1n) is 17.7. The molecule has 4 aromatic carbocycles. The number of aromatic nitrogens is 2. The summed E-state index contributed by atoms with van der Waals surface area (Å²) in [4.78, 5) is 37.5. The van der Waals surface area contributed by atoms with Crippen molar-refractivity contribution in [2.75, 3.05) is 22.3 Å². The van der Waals surface area contributed by atoms with Gasteiger partial charge < -0.3 is 15.4 Å². The molecule has 5 aromatic rings. The maximum atomic E-state index is 14.3. The zero-order chi connectivity index (χ0) is 35.8. The van der Waals surface area contributed by atoms with Crippen molar-refractivity contribution < 1.29 is 22.7 Å². The van der Waals surface area contributed by atoms with Gasteiger partial charge in [-0.3, -0.25) is 9.52 Å². The Bertz CT molecular complexity index is 2150. The third-order valence-corrected chi connectivity index (χ3v) is 10.2. The molecule has 6 rings (SSSR count). The lowest BCUT2D eigenvalue weighted by Gasteiger charge is -2.24. The number of sulfonamides is 1. The summed E-state index contributed by atoms with van der Waals surface area (Å²) >= 11 is 0. The topological polar surface area (TPSA) is 139 Å². The number of carbonyl (C=O) groups is 2. The molecule has 0 fully saturated rings. The van der Waals surface area contributed by atoms with Crippen LogP contribution in [0, 0.1) is 0 Å². The SMILES string of the molecule is CCCCCCCCNC(=O)Nc1cc(Oc2ccccc2)c2nc(-c3ccccc3NS(=O)(=O)CCCC)nc3c2c1C(=O)c1ccccc1-3. The highest BCUT2D eigenvalue weighted by atomic mass is 32.2. The van der Waals surface area contributed by atoms with Gasteiger partial charge in [0.1, 0.15) is 11.3 Å². The van der Waals surface area contributed by atoms with Gasteiger partial charge in [-0.05, 0) is 37.1 Å². The number of carbonyl (C=O) groups excluding carboxylic acids is 2. The highest BCUT2D eigenvalue weighted by Crippen LogP contribution is 2.46. The third-order valence-electron chi connectivity index (χ3n) is 8.83. The van der Waals surface area contributed by atoms with Gasteiger partial charge in [-0.15, -0.1) is 0 Å². The van der Waals surface area contributed by atoms with Crippen molar-refractivity contribution in [2.24, 2.45) is 0 Å². The second-order valence-corrected chi connectivity index (χ2v) is 14.5. The molecule has 264 valence electrons. The Hall–Kier alpha value is -5.29. The quantitative estimate of drug-likeness (QED) is 0.0853. The van der Waals surface area contributed by atoms with Crippen molar-refractivity contribution in [2.45, 2.75) is 65.2 Å². The van der Waals surface area contributed by atoms with Gasteiger partial charge in [0.15, 0.2) is 17.4 Å². The Kier molecular flexibility index (Phi) is 11.3. The number of rotatable bonds is 16. The molecular weight excluding hydrogens is 663 g/mol. The molecule has 0 saturated heterocycles. The second-order valence-electron chi connectivity index (χ2n) is 12.7. The van der Waals surface area contributed by atoms with E-state index < -0.39 is 16.1 Å². The first-order valence-corrected chi connectivity index (χ1v) is 19.3. The Morgan fingerprint density at radius 2 is 1.41 bits per heavy atom. The van der Waals surface area contributed by atoms with Crippen molar-refractivity contribution in [3.63, 3.8) is 0 Å². The average Bonchev–Trinajstić information content (AvgIpc) is 3.13. The van der Waals surface area contributed by atoms with E-state index in [0.29, 0.717) is 63.4 Å². The molecule has 0 atom stereocenters. The zero-order valence-electron chi connectivity index (χ0n) is 29.0. The molecule has 1 aliphatic carbocycles. The lowest BCUT2D eigenvalue weighted by atomic mass is 9.85. The fourth-order valence-electron chi connectivity index (χ4n) is 6.24. The monoisotopic (exact) mass is 705 g/mol. The lowest BCUT2D eigenvalue weighted by Crippen LogP contribution is -2.30. The van der Waals surface area contributed by atoms with E-state index in [9.17, 15) is 18.0 Å². The van der Waals surface area contributed by atoms with Crippen molar-refractivity contribution >= 4 is 44.1 Å². The number of para-hydroxylation sites is 2. The zero-order valence-corrected chi connectivity index (χ0v) is 29.8. The number of hydrogen-bond acceptors (Lipinski definition) is 7. The molecule has 0 bridgehead atoms. The maximum absolute atomic E-state index is 14.3. The molecule has 1 aliphatic rings. The smallest absolute Gasteiger partial charge is 0.319 e. The van der Waals surface area contributed by atoms with Gasteiger partial charge in [-0.1, -0.05) is 107 Å². The molecule has 2 amide bonds. The normalized spacial score (nSPS) is 12.0. The molecule has 1 heterocycles. The van der Waals surface area contributed by atoms with Crippen molar-refractivity contribution in [3.8, 4) is 34.1 Å². The van der Waals surface area contributed by atoms with Gasteiger partial charge in [0.2, 0.25) is 10.0 Å². The van der Waals surface area contributed by atoms with E-state index in [1.807, 2.05) is 37.3 Å². The van der Waals surface area contributed by atoms with Crippen molar-refractivity contribution in [3.05, 3.63) is 96.1 Å². The van der Waals surface area contributed by atoms with E-state index in [0.717, 1.165) is 25.7 Å². The molecule has 0 aliphatic heterocycles. The van der Waals surface area contributed by atoms with Crippen LogP contribution in [0.15, 0.2) is 84.9 Å². The van der Waals surface area contributed by atoms with Crippen LogP contribution in [0.5, 0.6) is 11.5 Å². The fourth-order valence-corrected chi connectivity index (χ4v) is 7.53. The summed E-state index contributed by atoms with van der Waals surface area (Å²) in [6, 6.07) is 24.5. The van der Waals surface area contributed by atoms with Crippen LogP contribution in [0.25, 0.3) is 33.5 Å². The minimum Gasteiger partial charge on any atom is -0.455 e. The molecule has 0 saturated carbocycles. The van der Waals surface area contributed by atoms with E-state index in [4.69, 9.17) is 14.7 Å². The van der Waals surface area contributed by atoms with Crippen LogP contribution in [0.2, 0.25) is 0 Å². The highest BCUT2D eigenvalue weighted by molar-refractivity contribution is 7.92. The largest absolute Gasteiger partial charge is 0.455 e. The molecule has 0 unspecified atom stereocenters. The van der Waals surface area contributed by atoms with Gasteiger partial charge >= 0.3 is 6.03 Å². The number of nitrogens with one attached hydrogen (secondary N) is 3. The minimum atomic E-state index is -3.64. The summed E-state index contributed by atoms with van der Waals surface area (Å²) in [5.41, 5.74) is 3.18. The van der Waals surface area contributed by atoms with E-state index in [2.05, 4.69) is 22.3 Å². The van der Waals surface area contributed by atoms with Crippen LogP contribution in [0.1, 0.15) is 81.1 Å². The van der Waals surface area contributed by atoms with Crippen LogP contribution >= 0.6 is 0 Å². The number of ether oxygens (including phenoxy) is 1. The van der Waals surface area contributed by atoms with Crippen LogP contribution in [0.4, 0.5) is 16.2 Å². The summed E-state index contributed by atoms with van der Waals surface area (Å²) in [5, 5.41) is 6.30. The molecule has 0 spiro atoms. The predicted octanol–water partition coefficient (Wildman–Crippen LogP) is 9.32. The Morgan fingerprint density at radius 3 is 2.18 bits per heavy atom. The summed E-state index contributed by atoms with van der Waals surface area (Å²) in [6.07, 6.45) is 7.84. The number of hydrogen-bond donors (Lipinski definition) is 3. The number of urea groups is 1. The van der Waals surface area contributed by atoms with E-state index in [1.165, 1.54) is 19.3 Å². The number of ketones is 1. The van der Waals surface area contributed by atoms with Crippen LogP contribution < -0.4 is 20.1 Å². The highest BCUT2D eigenvalue weighted by Gasteiger charge is 2.33. The second kappa shape index (κ2) is 16.2.